The highest BCUT2D eigenvalue weighted by molar-refractivity contribution is 5.62. The predicted octanol–water partition coefficient (Wildman–Crippen LogP) is 3.23. The molecule has 1 N–H and O–H groups in total. The van der Waals surface area contributed by atoms with Gasteiger partial charge in [-0.3, -0.25) is 0 Å². The third-order valence-corrected chi connectivity index (χ3v) is 2.62. The van der Waals surface area contributed by atoms with Crippen LogP contribution in [0.2, 0.25) is 0 Å². The van der Waals surface area contributed by atoms with E-state index >= 15 is 0 Å². The van der Waals surface area contributed by atoms with Gasteiger partial charge in [0.05, 0.1) is 12.2 Å². The molecule has 0 atom stereocenters. The molecule has 0 aliphatic heterocycles. The van der Waals surface area contributed by atoms with Crippen molar-refractivity contribution in [2.75, 3.05) is 11.9 Å². The highest BCUT2D eigenvalue weighted by Gasteiger charge is 2.02. The smallest absolute Gasteiger partial charge is 0.148 e. The molecule has 0 bridgehead atoms. The van der Waals surface area contributed by atoms with Crippen LogP contribution in [-0.4, -0.2) is 11.6 Å². The van der Waals surface area contributed by atoms with Crippen molar-refractivity contribution in [2.45, 2.75) is 13.5 Å². The minimum Gasteiger partial charge on any atom is -0.377 e. The predicted molar refractivity (Wildman–Crippen MR) is 74.0 cm³/mol. The van der Waals surface area contributed by atoms with Crippen LogP contribution in [0.1, 0.15) is 18.1 Å². The van der Waals surface area contributed by atoms with Crippen molar-refractivity contribution in [1.29, 1.82) is 5.26 Å². The number of benzene rings is 1. The fourth-order valence-electron chi connectivity index (χ4n) is 1.64. The van der Waals surface area contributed by atoms with Crippen LogP contribution < -0.4 is 5.32 Å². The molecule has 0 radical (unpaired) electrons. The van der Waals surface area contributed by atoms with Crippen LogP contribution >= 0.6 is 0 Å². The standard InChI is InChI=1S/C15H15N3O/c1-2-19-11-12-5-7-14(8-6-12)18-15-13(10-16)4-3-9-17-15/h3-9H,2,11H2,1H3,(H,17,18). The van der Waals surface area contributed by atoms with Crippen molar-refractivity contribution >= 4 is 11.5 Å². The molecule has 0 amide bonds. The third kappa shape index (κ3) is 3.54. The molecule has 0 aliphatic carbocycles. The third-order valence-electron chi connectivity index (χ3n) is 2.62. The summed E-state index contributed by atoms with van der Waals surface area (Å²) in [4.78, 5) is 4.16. The van der Waals surface area contributed by atoms with E-state index in [0.717, 1.165) is 11.3 Å². The monoisotopic (exact) mass is 253 g/mol. The van der Waals surface area contributed by atoms with Gasteiger partial charge in [-0.05, 0) is 36.8 Å². The normalized spacial score (nSPS) is 9.89. The summed E-state index contributed by atoms with van der Waals surface area (Å²) in [5, 5.41) is 12.1. The lowest BCUT2D eigenvalue weighted by Gasteiger charge is -2.08. The number of nitrogens with one attached hydrogen (secondary N) is 1. The molecule has 2 rings (SSSR count). The fourth-order valence-corrected chi connectivity index (χ4v) is 1.64. The molecule has 2 aromatic rings. The Balaban J connectivity index is 2.09. The maximum absolute atomic E-state index is 8.99. The van der Waals surface area contributed by atoms with E-state index in [4.69, 9.17) is 10.00 Å². The summed E-state index contributed by atoms with van der Waals surface area (Å²) in [6, 6.07) is 13.5. The van der Waals surface area contributed by atoms with Gasteiger partial charge in [-0.15, -0.1) is 0 Å². The van der Waals surface area contributed by atoms with E-state index in [2.05, 4.69) is 16.4 Å². The van der Waals surface area contributed by atoms with Crippen molar-refractivity contribution in [1.82, 2.24) is 4.98 Å². The highest BCUT2D eigenvalue weighted by Crippen LogP contribution is 2.18. The van der Waals surface area contributed by atoms with Crippen molar-refractivity contribution in [2.24, 2.45) is 0 Å². The second-order valence-corrected chi connectivity index (χ2v) is 3.97. The van der Waals surface area contributed by atoms with Gasteiger partial charge in [-0.25, -0.2) is 4.98 Å². The molecular formula is C15H15N3O. The summed E-state index contributed by atoms with van der Waals surface area (Å²) >= 11 is 0. The van der Waals surface area contributed by atoms with Gasteiger partial charge in [0.25, 0.3) is 0 Å². The topological polar surface area (TPSA) is 57.9 Å². The fraction of sp³-hybridized carbons (Fsp3) is 0.200. The van der Waals surface area contributed by atoms with E-state index in [9.17, 15) is 0 Å². The van der Waals surface area contributed by atoms with Crippen molar-refractivity contribution in [3.8, 4) is 6.07 Å². The average Bonchev–Trinajstić information content (AvgIpc) is 2.47. The molecule has 1 aromatic carbocycles. The van der Waals surface area contributed by atoms with Crippen LogP contribution in [0.4, 0.5) is 11.5 Å². The number of ether oxygens (including phenoxy) is 1. The van der Waals surface area contributed by atoms with E-state index in [0.29, 0.717) is 24.6 Å². The molecule has 4 nitrogen and oxygen atoms in total. The van der Waals surface area contributed by atoms with E-state index in [1.165, 1.54) is 0 Å². The number of nitrogens with zero attached hydrogens (tertiary/aromatic N) is 2. The molecule has 0 spiro atoms. The van der Waals surface area contributed by atoms with Gasteiger partial charge in [-0.2, -0.15) is 5.26 Å². The van der Waals surface area contributed by atoms with E-state index < -0.39 is 0 Å². The van der Waals surface area contributed by atoms with Crippen LogP contribution in [-0.2, 0) is 11.3 Å². The summed E-state index contributed by atoms with van der Waals surface area (Å²) in [7, 11) is 0. The van der Waals surface area contributed by atoms with Gasteiger partial charge in [0.2, 0.25) is 0 Å². The number of rotatable bonds is 5. The Labute approximate surface area is 112 Å². The summed E-state index contributed by atoms with van der Waals surface area (Å²) < 4.78 is 5.34. The van der Waals surface area contributed by atoms with Crippen LogP contribution in [0, 0.1) is 11.3 Å². The van der Waals surface area contributed by atoms with Crippen molar-refractivity contribution in [3.05, 3.63) is 53.7 Å². The first-order valence-corrected chi connectivity index (χ1v) is 6.12. The number of aromatic nitrogens is 1. The zero-order valence-electron chi connectivity index (χ0n) is 10.8. The maximum Gasteiger partial charge on any atom is 0.148 e. The largest absolute Gasteiger partial charge is 0.377 e. The van der Waals surface area contributed by atoms with Gasteiger partial charge in [0.1, 0.15) is 11.9 Å². The lowest BCUT2D eigenvalue weighted by Crippen LogP contribution is -1.97. The minimum atomic E-state index is 0.529. The lowest BCUT2D eigenvalue weighted by atomic mass is 10.2. The quantitative estimate of drug-likeness (QED) is 0.888. The maximum atomic E-state index is 8.99. The molecule has 0 saturated carbocycles. The Hall–Kier alpha value is -2.38. The van der Waals surface area contributed by atoms with Crippen LogP contribution in [0.5, 0.6) is 0 Å². The Morgan fingerprint density at radius 1 is 1.26 bits per heavy atom. The Morgan fingerprint density at radius 3 is 2.74 bits per heavy atom. The number of hydrogen-bond acceptors (Lipinski definition) is 4. The summed E-state index contributed by atoms with van der Waals surface area (Å²) in [6.45, 7) is 3.30. The van der Waals surface area contributed by atoms with Gasteiger partial charge in [-0.1, -0.05) is 12.1 Å². The lowest BCUT2D eigenvalue weighted by molar-refractivity contribution is 0.134. The van der Waals surface area contributed by atoms with Crippen molar-refractivity contribution < 1.29 is 4.74 Å². The minimum absolute atomic E-state index is 0.529. The van der Waals surface area contributed by atoms with Crippen LogP contribution in [0.15, 0.2) is 42.6 Å². The molecule has 0 saturated heterocycles. The molecular weight excluding hydrogens is 238 g/mol. The zero-order chi connectivity index (χ0) is 13.5. The molecule has 1 aromatic heterocycles. The molecule has 0 aliphatic rings. The molecule has 4 heteroatoms. The Kier molecular flexibility index (Phi) is 4.49. The number of hydrogen-bond donors (Lipinski definition) is 1. The van der Waals surface area contributed by atoms with Crippen molar-refractivity contribution in [3.63, 3.8) is 0 Å². The van der Waals surface area contributed by atoms with Gasteiger partial charge >= 0.3 is 0 Å². The Bertz CT molecular complexity index is 573. The van der Waals surface area contributed by atoms with Gasteiger partial charge in [0, 0.05) is 18.5 Å². The SMILES string of the molecule is CCOCc1ccc(Nc2ncccc2C#N)cc1. The second kappa shape index (κ2) is 6.53. The van der Waals surface area contributed by atoms with Crippen LogP contribution in [0.3, 0.4) is 0 Å². The highest BCUT2D eigenvalue weighted by atomic mass is 16.5. The van der Waals surface area contributed by atoms with E-state index in [-0.39, 0.29) is 0 Å². The molecule has 0 fully saturated rings. The molecule has 96 valence electrons. The summed E-state index contributed by atoms with van der Waals surface area (Å²) in [5.74, 6) is 0.572. The summed E-state index contributed by atoms with van der Waals surface area (Å²) in [5.41, 5.74) is 2.55. The first-order valence-electron chi connectivity index (χ1n) is 6.12. The first-order chi connectivity index (χ1) is 9.33. The van der Waals surface area contributed by atoms with E-state index in [1.807, 2.05) is 31.2 Å². The summed E-state index contributed by atoms with van der Waals surface area (Å²) in [6.07, 6.45) is 1.66. The number of nitriles is 1. The van der Waals surface area contributed by atoms with Gasteiger partial charge < -0.3 is 10.1 Å². The first kappa shape index (κ1) is 13.1. The van der Waals surface area contributed by atoms with Crippen LogP contribution in [0.25, 0.3) is 0 Å². The molecule has 19 heavy (non-hydrogen) atoms. The Morgan fingerprint density at radius 2 is 2.05 bits per heavy atom. The molecule has 1 heterocycles. The number of pyridine rings is 1. The van der Waals surface area contributed by atoms with E-state index in [1.54, 1.807) is 18.3 Å². The zero-order valence-corrected chi connectivity index (χ0v) is 10.8. The second-order valence-electron chi connectivity index (χ2n) is 3.97. The molecule has 0 unspecified atom stereocenters. The van der Waals surface area contributed by atoms with Gasteiger partial charge in [0.15, 0.2) is 0 Å². The number of anilines is 2. The average molecular weight is 253 g/mol.